The predicted octanol–water partition coefficient (Wildman–Crippen LogP) is 4.38. The fourth-order valence-electron chi connectivity index (χ4n) is 1.93. The number of nitrogens with one attached hydrogen (secondary N) is 1. The van der Waals surface area contributed by atoms with Gasteiger partial charge in [-0.05, 0) is 32.0 Å². The highest BCUT2D eigenvalue weighted by Crippen LogP contribution is 2.27. The Morgan fingerprint density at radius 2 is 2.00 bits per heavy atom. The molecule has 96 valence electrons. The van der Waals surface area contributed by atoms with Crippen LogP contribution in [0.3, 0.4) is 0 Å². The topological polar surface area (TPSA) is 21.3 Å². The van der Waals surface area contributed by atoms with Crippen LogP contribution < -0.4 is 5.32 Å². The molecule has 0 amide bonds. The van der Waals surface area contributed by atoms with Gasteiger partial charge >= 0.3 is 0 Å². The zero-order valence-corrected chi connectivity index (χ0v) is 11.9. The van der Waals surface area contributed by atoms with Crippen LogP contribution in [0.5, 0.6) is 0 Å². The van der Waals surface area contributed by atoms with Gasteiger partial charge in [0.25, 0.3) is 0 Å². The third-order valence-electron chi connectivity index (χ3n) is 2.88. The number of benzene rings is 1. The number of methoxy groups -OCH3 is 1. The van der Waals surface area contributed by atoms with Crippen molar-refractivity contribution < 1.29 is 4.74 Å². The maximum atomic E-state index is 5.22. The van der Waals surface area contributed by atoms with Crippen LogP contribution in [0.4, 0.5) is 5.69 Å². The van der Waals surface area contributed by atoms with Gasteiger partial charge in [-0.2, -0.15) is 0 Å². The molecule has 2 nitrogen and oxygen atoms in total. The van der Waals surface area contributed by atoms with Crippen molar-refractivity contribution in [3.05, 3.63) is 51.7 Å². The quantitative estimate of drug-likeness (QED) is 0.862. The minimum absolute atomic E-state index is 0.321. The maximum Gasteiger partial charge on any atom is 0.0733 e. The monoisotopic (exact) mass is 261 g/mol. The SMILES string of the molecule is COCc1ccccc1NC(C)c1ccc(C)s1. The van der Waals surface area contributed by atoms with Crippen LogP contribution >= 0.6 is 11.3 Å². The van der Waals surface area contributed by atoms with Gasteiger partial charge in [0.1, 0.15) is 0 Å². The molecule has 2 aromatic rings. The summed E-state index contributed by atoms with van der Waals surface area (Å²) in [5.41, 5.74) is 2.35. The van der Waals surface area contributed by atoms with Crippen molar-refractivity contribution in [3.8, 4) is 0 Å². The van der Waals surface area contributed by atoms with Gasteiger partial charge in [-0.25, -0.2) is 0 Å². The van der Waals surface area contributed by atoms with Gasteiger partial charge in [-0.15, -0.1) is 11.3 Å². The van der Waals surface area contributed by atoms with E-state index in [4.69, 9.17) is 4.74 Å². The van der Waals surface area contributed by atoms with E-state index in [0.717, 1.165) is 5.69 Å². The molecule has 3 heteroatoms. The van der Waals surface area contributed by atoms with E-state index < -0.39 is 0 Å². The highest BCUT2D eigenvalue weighted by atomic mass is 32.1. The summed E-state index contributed by atoms with van der Waals surface area (Å²) in [7, 11) is 1.73. The Kier molecular flexibility index (Phi) is 4.39. The fraction of sp³-hybridized carbons (Fsp3) is 0.333. The highest BCUT2D eigenvalue weighted by Gasteiger charge is 2.09. The van der Waals surface area contributed by atoms with Crippen LogP contribution in [0.25, 0.3) is 0 Å². The lowest BCUT2D eigenvalue weighted by molar-refractivity contribution is 0.185. The van der Waals surface area contributed by atoms with Crippen LogP contribution in [0.15, 0.2) is 36.4 Å². The summed E-state index contributed by atoms with van der Waals surface area (Å²) in [5.74, 6) is 0. The number of aryl methyl sites for hydroxylation is 1. The molecule has 1 aromatic heterocycles. The van der Waals surface area contributed by atoms with Crippen molar-refractivity contribution in [3.63, 3.8) is 0 Å². The first-order valence-electron chi connectivity index (χ1n) is 6.10. The number of thiophene rings is 1. The Morgan fingerprint density at radius 1 is 1.22 bits per heavy atom. The third kappa shape index (κ3) is 3.12. The van der Waals surface area contributed by atoms with E-state index in [1.165, 1.54) is 15.3 Å². The first-order valence-corrected chi connectivity index (χ1v) is 6.92. The van der Waals surface area contributed by atoms with Crippen molar-refractivity contribution in [2.24, 2.45) is 0 Å². The van der Waals surface area contributed by atoms with Gasteiger partial charge in [-0.1, -0.05) is 18.2 Å². The summed E-state index contributed by atoms with van der Waals surface area (Å²) in [5, 5.41) is 3.56. The number of hydrogen-bond donors (Lipinski definition) is 1. The zero-order valence-electron chi connectivity index (χ0n) is 11.1. The molecule has 0 spiro atoms. The van der Waals surface area contributed by atoms with Gasteiger partial charge in [0.2, 0.25) is 0 Å². The highest BCUT2D eigenvalue weighted by molar-refractivity contribution is 7.12. The molecule has 0 aliphatic carbocycles. The molecule has 0 aliphatic heterocycles. The lowest BCUT2D eigenvalue weighted by Crippen LogP contribution is -2.07. The molecular formula is C15H19NOS. The van der Waals surface area contributed by atoms with Gasteiger partial charge in [0, 0.05) is 28.1 Å². The van der Waals surface area contributed by atoms with Gasteiger partial charge in [-0.3, -0.25) is 0 Å². The van der Waals surface area contributed by atoms with E-state index in [-0.39, 0.29) is 0 Å². The van der Waals surface area contributed by atoms with Crippen molar-refractivity contribution in [2.45, 2.75) is 26.5 Å². The molecule has 0 saturated carbocycles. The Hall–Kier alpha value is -1.32. The van der Waals surface area contributed by atoms with Gasteiger partial charge in [0.05, 0.1) is 12.6 Å². The molecule has 0 fully saturated rings. The second kappa shape index (κ2) is 6.03. The van der Waals surface area contributed by atoms with Crippen molar-refractivity contribution in [2.75, 3.05) is 12.4 Å². The third-order valence-corrected chi connectivity index (χ3v) is 4.06. The zero-order chi connectivity index (χ0) is 13.0. The average Bonchev–Trinajstić information content (AvgIpc) is 2.79. The van der Waals surface area contributed by atoms with Gasteiger partial charge in [0.15, 0.2) is 0 Å². The van der Waals surface area contributed by atoms with Crippen LogP contribution in [0.2, 0.25) is 0 Å². The smallest absolute Gasteiger partial charge is 0.0733 e. The molecule has 1 unspecified atom stereocenters. The normalized spacial score (nSPS) is 12.4. The Morgan fingerprint density at radius 3 is 2.67 bits per heavy atom. The molecule has 1 atom stereocenters. The lowest BCUT2D eigenvalue weighted by Gasteiger charge is -2.16. The van der Waals surface area contributed by atoms with E-state index in [0.29, 0.717) is 12.6 Å². The van der Waals surface area contributed by atoms with Crippen LogP contribution in [0, 0.1) is 6.92 Å². The molecule has 0 aliphatic rings. The molecule has 2 rings (SSSR count). The second-order valence-electron chi connectivity index (χ2n) is 4.40. The van der Waals surface area contributed by atoms with E-state index in [1.54, 1.807) is 7.11 Å². The lowest BCUT2D eigenvalue weighted by atomic mass is 10.1. The molecule has 0 saturated heterocycles. The molecule has 1 heterocycles. The number of para-hydroxylation sites is 1. The van der Waals surface area contributed by atoms with Gasteiger partial charge < -0.3 is 10.1 Å². The summed E-state index contributed by atoms with van der Waals surface area (Å²) in [6.45, 7) is 4.97. The van der Waals surface area contributed by atoms with E-state index in [1.807, 2.05) is 23.5 Å². The van der Waals surface area contributed by atoms with E-state index >= 15 is 0 Å². The van der Waals surface area contributed by atoms with E-state index in [9.17, 15) is 0 Å². The number of anilines is 1. The summed E-state index contributed by atoms with van der Waals surface area (Å²) < 4.78 is 5.22. The maximum absolute atomic E-state index is 5.22. The minimum atomic E-state index is 0.321. The number of ether oxygens (including phenoxy) is 1. The van der Waals surface area contributed by atoms with Crippen LogP contribution in [-0.2, 0) is 11.3 Å². The molecular weight excluding hydrogens is 242 g/mol. The fourth-order valence-corrected chi connectivity index (χ4v) is 2.81. The van der Waals surface area contributed by atoms with E-state index in [2.05, 4.69) is 43.4 Å². The summed E-state index contributed by atoms with van der Waals surface area (Å²) in [6, 6.07) is 13.0. The summed E-state index contributed by atoms with van der Waals surface area (Å²) in [4.78, 5) is 2.71. The molecule has 1 aromatic carbocycles. The minimum Gasteiger partial charge on any atom is -0.380 e. The standard InChI is InChI=1S/C15H19NOS/c1-11-8-9-15(18-11)12(2)16-14-7-5-4-6-13(14)10-17-3/h4-9,12,16H,10H2,1-3H3. The van der Waals surface area contributed by atoms with Crippen molar-refractivity contribution in [1.82, 2.24) is 0 Å². The Bertz CT molecular complexity index is 507. The largest absolute Gasteiger partial charge is 0.380 e. The summed E-state index contributed by atoms with van der Waals surface area (Å²) in [6.07, 6.45) is 0. The number of hydrogen-bond acceptors (Lipinski definition) is 3. The molecule has 0 radical (unpaired) electrons. The van der Waals surface area contributed by atoms with Crippen LogP contribution in [0.1, 0.15) is 28.3 Å². The van der Waals surface area contributed by atoms with Crippen LogP contribution in [-0.4, -0.2) is 7.11 Å². The Labute approximate surface area is 113 Å². The second-order valence-corrected chi connectivity index (χ2v) is 5.72. The molecule has 1 N–H and O–H groups in total. The molecule has 18 heavy (non-hydrogen) atoms. The molecule has 0 bridgehead atoms. The Balaban J connectivity index is 2.13. The average molecular weight is 261 g/mol. The first kappa shape index (κ1) is 13.1. The summed E-state index contributed by atoms with van der Waals surface area (Å²) >= 11 is 1.84. The first-order chi connectivity index (χ1) is 8.70. The van der Waals surface area contributed by atoms with Crippen molar-refractivity contribution >= 4 is 17.0 Å². The number of rotatable bonds is 5. The predicted molar refractivity (Wildman–Crippen MR) is 78.2 cm³/mol. The van der Waals surface area contributed by atoms with Crippen molar-refractivity contribution in [1.29, 1.82) is 0 Å².